The SMILES string of the molecule is CCOC(=O)COC(=O)c1cc(Oc2ccc(C(F)(F)F)cc2Cl)ccc1[N+](=O)[O-].COc1cc(OC)nc(NC(=O)NS(=O)(=O)c2ncccc2C(=O)N(C)C)n1.COc1nc(C)nc(NC(=O)NS(=O)(=O)c2ccccc2CCC(F)(F)F)n1.CP(=O)(O)CCC(N)C(=O)O. The summed E-state index contributed by atoms with van der Waals surface area (Å²) in [6.45, 7) is 3.51. The number of hydrogen-bond donors (Lipinski definition) is 7. The van der Waals surface area contributed by atoms with Gasteiger partial charge in [0, 0.05) is 51.7 Å². The number of nitrogens with one attached hydrogen (secondary N) is 4. The number of carbonyl (C=O) groups excluding carboxylic acids is 5. The van der Waals surface area contributed by atoms with E-state index < -0.39 is 133 Å². The van der Waals surface area contributed by atoms with Gasteiger partial charge in [0.05, 0.1) is 60.0 Å². The largest absolute Gasteiger partial charge is 0.481 e. The van der Waals surface area contributed by atoms with E-state index in [9.17, 15) is 86.6 Å². The average molecular weight is 1460 g/mol. The average Bonchev–Trinajstić information content (AvgIpc) is 0.821. The molecule has 8 N–H and O–H groups in total. The quantitative estimate of drug-likeness (QED) is 0.0114. The molecule has 0 aliphatic rings. The summed E-state index contributed by atoms with van der Waals surface area (Å²) in [5.41, 5.74) is 2.67. The minimum absolute atomic E-state index is 0.0412. The molecule has 528 valence electrons. The summed E-state index contributed by atoms with van der Waals surface area (Å²) in [6, 6.07) is 11.0. The number of nitrogens with zero attached hydrogens (tertiary/aromatic N) is 8. The van der Waals surface area contributed by atoms with Crippen LogP contribution in [-0.4, -0.2) is 176 Å². The van der Waals surface area contributed by atoms with E-state index in [1.54, 1.807) is 9.44 Å². The normalized spacial score (nSPS) is 12.0. The molecule has 0 aliphatic heterocycles. The zero-order valence-electron chi connectivity index (χ0n) is 51.6. The fourth-order valence-electron chi connectivity index (χ4n) is 6.83. The molecule has 2 unspecified atom stereocenters. The van der Waals surface area contributed by atoms with Crippen molar-refractivity contribution in [3.05, 3.63) is 128 Å². The third-order valence-electron chi connectivity index (χ3n) is 11.2. The van der Waals surface area contributed by atoms with E-state index in [1.165, 1.54) is 103 Å². The van der Waals surface area contributed by atoms with Crippen LogP contribution in [0, 0.1) is 17.0 Å². The smallest absolute Gasteiger partial charge is 0.416 e. The number of hydrogen-bond acceptors (Lipinski definition) is 26. The van der Waals surface area contributed by atoms with Crippen molar-refractivity contribution < 1.29 is 120 Å². The highest BCUT2D eigenvalue weighted by atomic mass is 35.5. The molecule has 97 heavy (non-hydrogen) atoms. The molecule has 5 amide bonds. The lowest BCUT2D eigenvalue weighted by atomic mass is 10.1. The molecule has 6 rings (SSSR count). The number of nitro groups is 1. The van der Waals surface area contributed by atoms with E-state index in [0.29, 0.717) is 6.07 Å². The molecular weight excluding hydrogens is 1400 g/mol. The maximum absolute atomic E-state index is 12.7. The lowest BCUT2D eigenvalue weighted by Gasteiger charge is -2.14. The van der Waals surface area contributed by atoms with Crippen LogP contribution in [0.2, 0.25) is 5.02 Å². The summed E-state index contributed by atoms with van der Waals surface area (Å²) in [5, 5.41) is 22.7. The van der Waals surface area contributed by atoms with Crippen molar-refractivity contribution in [1.29, 1.82) is 0 Å². The van der Waals surface area contributed by atoms with Gasteiger partial charge in [0.1, 0.15) is 28.9 Å². The molecule has 3 aromatic heterocycles. The van der Waals surface area contributed by atoms with E-state index >= 15 is 0 Å². The Balaban J connectivity index is 0.000000351. The van der Waals surface area contributed by atoms with Gasteiger partial charge in [0.15, 0.2) is 19.0 Å². The van der Waals surface area contributed by atoms with E-state index in [2.05, 4.69) is 45.3 Å². The number of alkyl halides is 6. The highest BCUT2D eigenvalue weighted by molar-refractivity contribution is 7.90. The fourth-order valence-corrected chi connectivity index (χ4v) is 10.0. The van der Waals surface area contributed by atoms with Crippen molar-refractivity contribution in [2.75, 3.05) is 72.1 Å². The summed E-state index contributed by atoms with van der Waals surface area (Å²) < 4.78 is 169. The lowest BCUT2D eigenvalue weighted by Crippen LogP contribution is -2.36. The number of carbonyl (C=O) groups is 6. The summed E-state index contributed by atoms with van der Waals surface area (Å²) in [6.07, 6.45) is -9.61. The Labute approximate surface area is 551 Å². The maximum atomic E-state index is 12.7. The second kappa shape index (κ2) is 36.1. The zero-order chi connectivity index (χ0) is 73.4. The highest BCUT2D eigenvalue weighted by Crippen LogP contribution is 2.38. The number of aryl methyl sites for hydroxylation is 2. The van der Waals surface area contributed by atoms with Crippen molar-refractivity contribution in [2.24, 2.45) is 5.73 Å². The summed E-state index contributed by atoms with van der Waals surface area (Å²) in [4.78, 5) is 112. The number of nitro benzene ring substituents is 1. The minimum Gasteiger partial charge on any atom is -0.481 e. The van der Waals surface area contributed by atoms with E-state index in [0.717, 1.165) is 36.4 Å². The molecule has 0 saturated heterocycles. The predicted octanol–water partition coefficient (Wildman–Crippen LogP) is 6.76. The van der Waals surface area contributed by atoms with Crippen LogP contribution < -0.4 is 44.8 Å². The van der Waals surface area contributed by atoms with Gasteiger partial charge in [-0.3, -0.25) is 34.9 Å². The molecule has 34 nitrogen and oxygen atoms in total. The molecule has 0 spiro atoms. The van der Waals surface area contributed by atoms with Gasteiger partial charge in [-0.25, -0.2) is 42.0 Å². The number of benzene rings is 3. The molecular formula is C53H59ClF6N13O21PS2. The number of halogens is 7. The van der Waals surface area contributed by atoms with Crippen LogP contribution >= 0.6 is 19.0 Å². The minimum atomic E-state index is -4.61. The van der Waals surface area contributed by atoms with Crippen LogP contribution in [0.25, 0.3) is 0 Å². The number of aliphatic carboxylic acids is 1. The van der Waals surface area contributed by atoms with Gasteiger partial charge in [-0.15, -0.1) is 0 Å². The van der Waals surface area contributed by atoms with Crippen LogP contribution in [-0.2, 0) is 56.3 Å². The third-order valence-corrected chi connectivity index (χ3v) is 15.3. The number of urea groups is 2. The number of carboxylic acid groups (broad SMARTS) is 1. The van der Waals surface area contributed by atoms with Gasteiger partial charge in [0.2, 0.25) is 23.7 Å². The van der Waals surface area contributed by atoms with Gasteiger partial charge in [-0.05, 0) is 74.7 Å². The van der Waals surface area contributed by atoms with Gasteiger partial charge >= 0.3 is 48.3 Å². The number of pyridine rings is 1. The first-order chi connectivity index (χ1) is 45.0. The van der Waals surface area contributed by atoms with E-state index in [1.807, 2.05) is 0 Å². The van der Waals surface area contributed by atoms with Crippen LogP contribution in [0.15, 0.2) is 95.0 Å². The van der Waals surface area contributed by atoms with Crippen molar-refractivity contribution in [3.63, 3.8) is 0 Å². The molecule has 44 heteroatoms. The topological polar surface area (TPSA) is 481 Å². The summed E-state index contributed by atoms with van der Waals surface area (Å²) >= 11 is 5.81. The number of esters is 2. The molecule has 3 heterocycles. The Morgan fingerprint density at radius 3 is 1.92 bits per heavy atom. The Morgan fingerprint density at radius 1 is 0.794 bits per heavy atom. The second-order valence-electron chi connectivity index (χ2n) is 18.9. The molecule has 6 aromatic rings. The van der Waals surface area contributed by atoms with Crippen LogP contribution in [0.4, 0.5) is 53.5 Å². The molecule has 0 radical (unpaired) electrons. The van der Waals surface area contributed by atoms with E-state index in [-0.39, 0.29) is 82.3 Å². The number of carboxylic acids is 1. The highest BCUT2D eigenvalue weighted by Gasteiger charge is 2.33. The van der Waals surface area contributed by atoms with Gasteiger partial charge in [-0.1, -0.05) is 29.8 Å². The van der Waals surface area contributed by atoms with Crippen LogP contribution in [0.3, 0.4) is 0 Å². The Hall–Kier alpha value is -10.2. The summed E-state index contributed by atoms with van der Waals surface area (Å²) in [7, 11) is -5.09. The monoisotopic (exact) mass is 1460 g/mol. The Morgan fingerprint density at radius 2 is 1.39 bits per heavy atom. The first-order valence-electron chi connectivity index (χ1n) is 26.7. The number of sulfonamides is 2. The molecule has 2 atom stereocenters. The first kappa shape index (κ1) is 81.1. The van der Waals surface area contributed by atoms with Crippen LogP contribution in [0.1, 0.15) is 57.4 Å². The number of rotatable bonds is 23. The lowest BCUT2D eigenvalue weighted by molar-refractivity contribution is -0.385. The Kier molecular flexibility index (Phi) is 30.2. The number of aromatic nitrogens is 6. The number of methoxy groups -OCH3 is 3. The summed E-state index contributed by atoms with van der Waals surface area (Å²) in [5.74, 6) is -4.21. The van der Waals surface area contributed by atoms with Gasteiger partial charge in [-0.2, -0.15) is 59.7 Å². The predicted molar refractivity (Wildman–Crippen MR) is 325 cm³/mol. The maximum Gasteiger partial charge on any atom is 0.416 e. The van der Waals surface area contributed by atoms with Crippen molar-refractivity contribution in [2.45, 2.75) is 61.4 Å². The number of nitrogens with two attached hydrogens (primary N) is 1. The molecule has 3 aromatic carbocycles. The molecule has 0 bridgehead atoms. The Bertz CT molecular complexity index is 4080. The number of amides is 5. The zero-order valence-corrected chi connectivity index (χ0v) is 54.9. The third kappa shape index (κ3) is 27.6. The van der Waals surface area contributed by atoms with Crippen LogP contribution in [0.5, 0.6) is 29.3 Å². The van der Waals surface area contributed by atoms with Gasteiger partial charge < -0.3 is 49.1 Å². The van der Waals surface area contributed by atoms with E-state index in [4.69, 9.17) is 51.0 Å². The molecule has 0 aliphatic carbocycles. The second-order valence-corrected chi connectivity index (χ2v) is 25.1. The molecule has 0 fully saturated rings. The molecule has 0 saturated carbocycles. The fraction of sp³-hybridized carbons (Fsp3) is 0.321. The number of ether oxygens (including phenoxy) is 6. The van der Waals surface area contributed by atoms with Crippen molar-refractivity contribution >= 4 is 92.5 Å². The van der Waals surface area contributed by atoms with Crippen molar-refractivity contribution in [1.82, 2.24) is 44.2 Å². The number of anilines is 2. The first-order valence-corrected chi connectivity index (χ1v) is 32.3. The van der Waals surface area contributed by atoms with Crippen molar-refractivity contribution in [3.8, 4) is 29.3 Å². The van der Waals surface area contributed by atoms with Gasteiger partial charge in [0.25, 0.3) is 31.6 Å². The standard InChI is InChI=1S/C18H13ClF3NO7.C15H16F3N5O4S.C15H18N6O6S.C5H12NO4P/c1-2-28-16(24)9-29-17(25)12-8-11(4-5-14(12)23(26)27)30-15-6-3-10(7-13(15)19)18(20,21)22;1-9-19-12(22-14(20-9)27-2)21-13(24)23-28(25,26)11-6-4-3-5-10(11)7-8-15(16,17)18;1-21(2)13(22)9-6-5-7-16-12(9)28(24,25)20-15(23)19-14-17-10(26-3)8-11(18-14)27-4;1-11(9,10)3-2-4(6)5(7)8/h3-8H,2,9H2,1H3;3-6H,7-8H2,1-2H3,(H2,19,20,21,22,23,24);5-8H,1-4H3,(H2,17,18,19,20,23);4H,2-3,6H2,1H3,(H,7,8)(H,9,10).